The van der Waals surface area contributed by atoms with Crippen LogP contribution in [0.1, 0.15) is 0 Å². The topological polar surface area (TPSA) is 57.5 Å². The molecule has 0 aliphatic rings. The molecule has 0 atom stereocenters. The molecular formula is C6H6ClN3O. The van der Waals surface area contributed by atoms with E-state index in [-0.39, 0.29) is 0 Å². The van der Waals surface area contributed by atoms with Gasteiger partial charge in [0.1, 0.15) is 12.2 Å². The predicted molar refractivity (Wildman–Crippen MR) is 43.1 cm³/mol. The molecule has 0 radical (unpaired) electrons. The second-order valence-corrected chi connectivity index (χ2v) is 2.13. The van der Waals surface area contributed by atoms with E-state index >= 15 is 0 Å². The minimum absolute atomic E-state index is 0.465. The van der Waals surface area contributed by atoms with Crippen molar-refractivity contribution in [1.82, 2.24) is 4.98 Å². The zero-order chi connectivity index (χ0) is 8.10. The van der Waals surface area contributed by atoms with Gasteiger partial charge in [0.15, 0.2) is 0 Å². The summed E-state index contributed by atoms with van der Waals surface area (Å²) in [7, 11) is 0. The number of nitrogens with one attached hydrogen (secondary N) is 1. The summed E-state index contributed by atoms with van der Waals surface area (Å²) in [5.41, 5.74) is 0. The number of anilines is 1. The largest absolute Gasteiger partial charge is 0.410 e. The lowest BCUT2D eigenvalue weighted by Crippen LogP contribution is -1.97. The zero-order valence-corrected chi connectivity index (χ0v) is 6.28. The second-order valence-electron chi connectivity index (χ2n) is 1.72. The first-order chi connectivity index (χ1) is 5.34. The van der Waals surface area contributed by atoms with Crippen molar-refractivity contribution < 1.29 is 5.21 Å². The lowest BCUT2D eigenvalue weighted by Gasteiger charge is -1.98. The van der Waals surface area contributed by atoms with Gasteiger partial charge in [-0.25, -0.2) is 4.98 Å². The van der Waals surface area contributed by atoms with Crippen LogP contribution in [0.4, 0.5) is 5.82 Å². The Bertz CT molecular complexity index is 264. The van der Waals surface area contributed by atoms with E-state index in [9.17, 15) is 0 Å². The molecule has 1 aromatic heterocycles. The Hall–Kier alpha value is -1.29. The van der Waals surface area contributed by atoms with E-state index in [4.69, 9.17) is 16.8 Å². The van der Waals surface area contributed by atoms with Gasteiger partial charge in [0.05, 0.1) is 5.02 Å². The fourth-order valence-electron chi connectivity index (χ4n) is 0.582. The maximum absolute atomic E-state index is 8.05. The van der Waals surface area contributed by atoms with Gasteiger partial charge in [0.25, 0.3) is 0 Å². The molecule has 0 bridgehead atoms. The van der Waals surface area contributed by atoms with Crippen molar-refractivity contribution in [3.8, 4) is 0 Å². The van der Waals surface area contributed by atoms with E-state index in [0.717, 1.165) is 6.34 Å². The van der Waals surface area contributed by atoms with Gasteiger partial charge < -0.3 is 10.5 Å². The van der Waals surface area contributed by atoms with Gasteiger partial charge in [-0.1, -0.05) is 16.8 Å². The highest BCUT2D eigenvalue weighted by Crippen LogP contribution is 2.15. The molecule has 2 N–H and O–H groups in total. The molecule has 4 nitrogen and oxygen atoms in total. The van der Waals surface area contributed by atoms with Gasteiger partial charge in [-0.15, -0.1) is 0 Å². The van der Waals surface area contributed by atoms with Crippen molar-refractivity contribution >= 4 is 23.8 Å². The predicted octanol–water partition coefficient (Wildman–Crippen LogP) is 1.56. The number of halogens is 1. The van der Waals surface area contributed by atoms with Crippen molar-refractivity contribution in [1.29, 1.82) is 0 Å². The van der Waals surface area contributed by atoms with Crippen LogP contribution in [0.15, 0.2) is 23.5 Å². The molecule has 0 spiro atoms. The average Bonchev–Trinajstić information content (AvgIpc) is 2.03. The third-order valence-electron chi connectivity index (χ3n) is 1.02. The van der Waals surface area contributed by atoms with Crippen LogP contribution in [-0.4, -0.2) is 16.5 Å². The molecular weight excluding hydrogens is 166 g/mol. The summed E-state index contributed by atoms with van der Waals surface area (Å²) in [5.74, 6) is 0.465. The van der Waals surface area contributed by atoms with Crippen molar-refractivity contribution in [2.45, 2.75) is 0 Å². The molecule has 0 unspecified atom stereocenters. The van der Waals surface area contributed by atoms with E-state index in [0.29, 0.717) is 10.8 Å². The Morgan fingerprint density at radius 1 is 1.73 bits per heavy atom. The molecule has 1 aromatic rings. The molecule has 0 aliphatic heterocycles. The van der Waals surface area contributed by atoms with Crippen LogP contribution in [0.5, 0.6) is 0 Å². The van der Waals surface area contributed by atoms with Crippen molar-refractivity contribution in [2.24, 2.45) is 5.16 Å². The summed E-state index contributed by atoms with van der Waals surface area (Å²) in [6.45, 7) is 0. The molecule has 0 fully saturated rings. The third-order valence-corrected chi connectivity index (χ3v) is 1.32. The molecule has 0 saturated heterocycles. The van der Waals surface area contributed by atoms with E-state index in [1.807, 2.05) is 0 Å². The summed E-state index contributed by atoms with van der Waals surface area (Å²) < 4.78 is 0. The lowest BCUT2D eigenvalue weighted by molar-refractivity contribution is 0.321. The Morgan fingerprint density at radius 2 is 2.55 bits per heavy atom. The molecule has 58 valence electrons. The van der Waals surface area contributed by atoms with Crippen LogP contribution in [0, 0.1) is 0 Å². The van der Waals surface area contributed by atoms with E-state index in [1.165, 1.54) is 0 Å². The molecule has 0 amide bonds. The van der Waals surface area contributed by atoms with Gasteiger partial charge in [-0.3, -0.25) is 0 Å². The Balaban J connectivity index is 2.77. The normalized spacial score (nSPS) is 10.3. The highest BCUT2D eigenvalue weighted by Gasteiger charge is 1.95. The number of hydrogen-bond donors (Lipinski definition) is 2. The summed E-state index contributed by atoms with van der Waals surface area (Å²) in [4.78, 5) is 3.87. The minimum Gasteiger partial charge on any atom is -0.410 e. The highest BCUT2D eigenvalue weighted by molar-refractivity contribution is 6.33. The highest BCUT2D eigenvalue weighted by atomic mass is 35.5. The zero-order valence-electron chi connectivity index (χ0n) is 5.53. The molecule has 1 heterocycles. The molecule has 1 rings (SSSR count). The van der Waals surface area contributed by atoms with Gasteiger partial charge in [0.2, 0.25) is 0 Å². The van der Waals surface area contributed by atoms with Crippen molar-refractivity contribution in [3.63, 3.8) is 0 Å². The van der Waals surface area contributed by atoms with E-state index in [2.05, 4.69) is 15.5 Å². The first-order valence-corrected chi connectivity index (χ1v) is 3.25. The van der Waals surface area contributed by atoms with E-state index < -0.39 is 0 Å². The molecule has 5 heteroatoms. The van der Waals surface area contributed by atoms with Gasteiger partial charge >= 0.3 is 0 Å². The Labute approximate surface area is 68.5 Å². The fraction of sp³-hybridized carbons (Fsp3) is 0. The molecule has 11 heavy (non-hydrogen) atoms. The number of nitrogens with zero attached hydrogens (tertiary/aromatic N) is 2. The maximum Gasteiger partial charge on any atom is 0.149 e. The van der Waals surface area contributed by atoms with Crippen molar-refractivity contribution in [2.75, 3.05) is 5.32 Å². The van der Waals surface area contributed by atoms with Crippen LogP contribution < -0.4 is 5.32 Å². The fourth-order valence-corrected chi connectivity index (χ4v) is 0.758. The summed E-state index contributed by atoms with van der Waals surface area (Å²) in [5, 5.41) is 13.8. The van der Waals surface area contributed by atoms with Crippen LogP contribution in [-0.2, 0) is 0 Å². The number of hydrogen-bond acceptors (Lipinski definition) is 3. The number of aromatic nitrogens is 1. The minimum atomic E-state index is 0.465. The molecule has 0 aromatic carbocycles. The van der Waals surface area contributed by atoms with Crippen LogP contribution >= 0.6 is 11.6 Å². The Kier molecular flexibility index (Phi) is 2.68. The lowest BCUT2D eigenvalue weighted by atomic mass is 10.5. The van der Waals surface area contributed by atoms with Crippen LogP contribution in [0.2, 0.25) is 5.02 Å². The van der Waals surface area contributed by atoms with Gasteiger partial charge in [0, 0.05) is 6.20 Å². The second kappa shape index (κ2) is 3.78. The summed E-state index contributed by atoms with van der Waals surface area (Å²) in [6, 6.07) is 3.39. The third kappa shape index (κ3) is 2.09. The van der Waals surface area contributed by atoms with Crippen LogP contribution in [0.25, 0.3) is 0 Å². The SMILES string of the molecule is ON=CNc1ncccc1Cl. The summed E-state index contributed by atoms with van der Waals surface area (Å²) >= 11 is 5.69. The number of rotatable bonds is 2. The van der Waals surface area contributed by atoms with Crippen LogP contribution in [0.3, 0.4) is 0 Å². The molecule has 0 aliphatic carbocycles. The number of oxime groups is 1. The standard InChI is InChI=1S/C6H6ClN3O/c7-5-2-1-3-8-6(5)9-4-10-11/h1-4,11H,(H,8,9,10). The quantitative estimate of drug-likeness (QED) is 0.307. The first-order valence-electron chi connectivity index (χ1n) is 2.87. The van der Waals surface area contributed by atoms with Gasteiger partial charge in [-0.2, -0.15) is 0 Å². The average molecular weight is 172 g/mol. The first kappa shape index (κ1) is 7.81. The summed E-state index contributed by atoms with van der Waals surface area (Å²) in [6.07, 6.45) is 2.67. The number of pyridine rings is 1. The maximum atomic E-state index is 8.05. The van der Waals surface area contributed by atoms with Crippen molar-refractivity contribution in [3.05, 3.63) is 23.4 Å². The smallest absolute Gasteiger partial charge is 0.149 e. The Morgan fingerprint density at radius 3 is 3.18 bits per heavy atom. The van der Waals surface area contributed by atoms with E-state index in [1.54, 1.807) is 18.3 Å². The van der Waals surface area contributed by atoms with Gasteiger partial charge in [-0.05, 0) is 12.1 Å². The monoisotopic (exact) mass is 171 g/mol. The molecule has 0 saturated carbocycles.